The van der Waals surface area contributed by atoms with E-state index in [1.165, 1.54) is 22.3 Å². The molecule has 102 valence electrons. The molecule has 0 bridgehead atoms. The van der Waals surface area contributed by atoms with Crippen LogP contribution in [0.4, 0.5) is 0 Å². The van der Waals surface area contributed by atoms with Crippen molar-refractivity contribution in [1.82, 2.24) is 0 Å². The zero-order valence-corrected chi connectivity index (χ0v) is 16.6. The lowest BCUT2D eigenvalue weighted by atomic mass is 9.93. The predicted molar refractivity (Wildman–Crippen MR) is 102 cm³/mol. The average molecular weight is 522 g/mol. The van der Waals surface area contributed by atoms with Crippen molar-refractivity contribution in [3.8, 4) is 0 Å². The Morgan fingerprint density at radius 2 is 1.05 bits per heavy atom. The van der Waals surface area contributed by atoms with Crippen molar-refractivity contribution in [3.63, 3.8) is 0 Å². The third-order valence-electron chi connectivity index (χ3n) is 3.33. The fourth-order valence-corrected chi connectivity index (χ4v) is 3.85. The number of hydrogen-bond donors (Lipinski definition) is 0. The zero-order valence-electron chi connectivity index (χ0n) is 10.3. The summed E-state index contributed by atoms with van der Waals surface area (Å²) in [5, 5.41) is 0. The van der Waals surface area contributed by atoms with Gasteiger partial charge in [-0.05, 0) is 66.3 Å². The summed E-state index contributed by atoms with van der Waals surface area (Å²) in [4.78, 5) is 0.657. The van der Waals surface area contributed by atoms with Gasteiger partial charge in [0.25, 0.3) is 0 Å². The lowest BCUT2D eigenvalue weighted by Crippen LogP contribution is -2.14. The van der Waals surface area contributed by atoms with Gasteiger partial charge in [0.15, 0.2) is 0 Å². The van der Waals surface area contributed by atoms with E-state index in [-0.39, 0.29) is 0 Å². The van der Waals surface area contributed by atoms with E-state index in [9.17, 15) is 0 Å². The first-order valence-corrected chi connectivity index (χ1v) is 9.54. The summed E-state index contributed by atoms with van der Waals surface area (Å²) in [6.07, 6.45) is 13.2. The largest absolute Gasteiger partial charge is 0.0829 e. The third-order valence-corrected chi connectivity index (χ3v) is 7.55. The fraction of sp³-hybridized carbons (Fsp3) is 0.125. The Bertz CT molecular complexity index is 621. The molecule has 0 saturated carbocycles. The Kier molecular flexibility index (Phi) is 4.56. The summed E-state index contributed by atoms with van der Waals surface area (Å²) >= 11 is 14.5. The summed E-state index contributed by atoms with van der Waals surface area (Å²) in [6.45, 7) is 0. The first kappa shape index (κ1) is 15.0. The number of rotatable bonds is 0. The average Bonchev–Trinajstić information content (AvgIpc) is 2.40. The van der Waals surface area contributed by atoms with Crippen LogP contribution < -0.4 is 0 Å². The number of benzene rings is 1. The second-order valence-corrected chi connectivity index (χ2v) is 8.52. The fourth-order valence-electron chi connectivity index (χ4n) is 2.25. The summed E-state index contributed by atoms with van der Waals surface area (Å²) in [7, 11) is 0. The van der Waals surface area contributed by atoms with Gasteiger partial charge in [-0.15, -0.1) is 0 Å². The minimum absolute atomic E-state index is 0.329. The SMILES string of the molecule is Brc1cc2c(cc1Br)/C=C\C1=CC(Br)C(Br)C=C1/C=C\2. The summed E-state index contributed by atoms with van der Waals surface area (Å²) < 4.78 is 2.14. The van der Waals surface area contributed by atoms with E-state index in [2.05, 4.69) is 112 Å². The third kappa shape index (κ3) is 2.99. The van der Waals surface area contributed by atoms with E-state index in [0.717, 1.165) is 8.95 Å². The van der Waals surface area contributed by atoms with E-state index in [1.807, 2.05) is 0 Å². The van der Waals surface area contributed by atoms with Crippen molar-refractivity contribution in [1.29, 1.82) is 0 Å². The summed E-state index contributed by atoms with van der Waals surface area (Å²) in [5.74, 6) is 0. The van der Waals surface area contributed by atoms with E-state index < -0.39 is 0 Å². The maximum absolute atomic E-state index is 3.67. The molecule has 0 radical (unpaired) electrons. The molecule has 2 aliphatic carbocycles. The molecule has 20 heavy (non-hydrogen) atoms. The van der Waals surface area contributed by atoms with Crippen LogP contribution in [0.2, 0.25) is 0 Å². The highest BCUT2D eigenvalue weighted by atomic mass is 79.9. The van der Waals surface area contributed by atoms with Crippen LogP contribution in [0, 0.1) is 0 Å². The molecule has 1 aromatic rings. The van der Waals surface area contributed by atoms with Crippen molar-refractivity contribution >= 4 is 75.9 Å². The van der Waals surface area contributed by atoms with Gasteiger partial charge in [0, 0.05) is 18.6 Å². The molecule has 3 rings (SSSR count). The molecule has 0 N–H and O–H groups in total. The first-order valence-electron chi connectivity index (χ1n) is 6.12. The molecule has 2 unspecified atom stereocenters. The molecule has 2 aliphatic rings. The molecule has 0 saturated heterocycles. The van der Waals surface area contributed by atoms with E-state index >= 15 is 0 Å². The first-order chi connectivity index (χ1) is 9.54. The quantitative estimate of drug-likeness (QED) is 0.336. The molecular formula is C16H10Br4. The lowest BCUT2D eigenvalue weighted by Gasteiger charge is -2.20. The van der Waals surface area contributed by atoms with Crippen molar-refractivity contribution in [2.24, 2.45) is 0 Å². The van der Waals surface area contributed by atoms with Crippen molar-refractivity contribution < 1.29 is 0 Å². The molecular weight excluding hydrogens is 512 g/mol. The van der Waals surface area contributed by atoms with Gasteiger partial charge >= 0.3 is 0 Å². The lowest BCUT2D eigenvalue weighted by molar-refractivity contribution is 1.08. The van der Waals surface area contributed by atoms with Crippen LogP contribution in [0.1, 0.15) is 11.1 Å². The van der Waals surface area contributed by atoms with Gasteiger partial charge in [-0.25, -0.2) is 0 Å². The van der Waals surface area contributed by atoms with E-state index in [0.29, 0.717) is 9.65 Å². The number of halogens is 4. The van der Waals surface area contributed by atoms with E-state index in [4.69, 9.17) is 0 Å². The van der Waals surface area contributed by atoms with Gasteiger partial charge < -0.3 is 0 Å². The van der Waals surface area contributed by atoms with Crippen molar-refractivity contribution in [2.45, 2.75) is 9.65 Å². The molecule has 0 heterocycles. The number of fused-ring (bicyclic) bond motifs is 2. The molecule has 0 amide bonds. The monoisotopic (exact) mass is 518 g/mol. The van der Waals surface area contributed by atoms with Crippen LogP contribution in [-0.4, -0.2) is 9.65 Å². The van der Waals surface area contributed by atoms with Gasteiger partial charge in [-0.2, -0.15) is 0 Å². The van der Waals surface area contributed by atoms with Crippen molar-refractivity contribution in [2.75, 3.05) is 0 Å². The maximum Gasteiger partial charge on any atom is 0.0495 e. The second-order valence-electron chi connectivity index (χ2n) is 4.69. The smallest absolute Gasteiger partial charge is 0.0495 e. The highest BCUT2D eigenvalue weighted by Gasteiger charge is 2.19. The van der Waals surface area contributed by atoms with E-state index in [1.54, 1.807) is 0 Å². The Labute approximate surface area is 152 Å². The Hall–Kier alpha value is 0.1000. The van der Waals surface area contributed by atoms with Gasteiger partial charge in [-0.1, -0.05) is 68.3 Å². The highest BCUT2D eigenvalue weighted by molar-refractivity contribution is 9.13. The Morgan fingerprint density at radius 1 is 0.650 bits per heavy atom. The minimum atomic E-state index is 0.329. The van der Waals surface area contributed by atoms with Crippen LogP contribution in [0.5, 0.6) is 0 Å². The van der Waals surface area contributed by atoms with Crippen LogP contribution in [-0.2, 0) is 0 Å². The number of alkyl halides is 2. The summed E-state index contributed by atoms with van der Waals surface area (Å²) in [5.41, 5.74) is 4.93. The van der Waals surface area contributed by atoms with Gasteiger partial charge in [-0.3, -0.25) is 0 Å². The number of allylic oxidation sites excluding steroid dienone is 6. The maximum atomic E-state index is 3.67. The summed E-state index contributed by atoms with van der Waals surface area (Å²) in [6, 6.07) is 4.27. The number of hydrogen-bond acceptors (Lipinski definition) is 0. The minimum Gasteiger partial charge on any atom is -0.0829 e. The van der Waals surface area contributed by atoms with Gasteiger partial charge in [0.05, 0.1) is 0 Å². The van der Waals surface area contributed by atoms with Crippen LogP contribution in [0.15, 0.2) is 56.5 Å². The second kappa shape index (κ2) is 6.07. The zero-order chi connectivity index (χ0) is 14.3. The van der Waals surface area contributed by atoms with Crippen molar-refractivity contribution in [3.05, 3.63) is 67.7 Å². The Balaban J connectivity index is 2.12. The molecule has 4 heteroatoms. The predicted octanol–water partition coefficient (Wildman–Crippen LogP) is 6.65. The normalized spacial score (nSPS) is 27.4. The molecule has 0 spiro atoms. The van der Waals surface area contributed by atoms with Crippen LogP contribution in [0.25, 0.3) is 12.2 Å². The molecule has 0 aliphatic heterocycles. The van der Waals surface area contributed by atoms with Crippen LogP contribution in [0.3, 0.4) is 0 Å². The molecule has 0 nitrogen and oxygen atoms in total. The highest BCUT2D eigenvalue weighted by Crippen LogP contribution is 2.34. The molecule has 0 fully saturated rings. The van der Waals surface area contributed by atoms with Crippen LogP contribution >= 0.6 is 63.7 Å². The molecule has 2 atom stereocenters. The molecule has 0 aromatic heterocycles. The topological polar surface area (TPSA) is 0 Å². The van der Waals surface area contributed by atoms with Gasteiger partial charge in [0.2, 0.25) is 0 Å². The Morgan fingerprint density at radius 3 is 1.45 bits per heavy atom. The molecule has 1 aromatic carbocycles. The van der Waals surface area contributed by atoms with Gasteiger partial charge in [0.1, 0.15) is 0 Å². The standard InChI is InChI=1S/C16H10Br4/c17-13-5-9-1-2-10-6-14(18)16(20)8-12(10)4-3-11(9)7-15(13)19/h1-8,13,15H/b2-1-,4-3-.